The minimum atomic E-state index is -1.10. The summed E-state index contributed by atoms with van der Waals surface area (Å²) in [7, 11) is 0. The predicted molar refractivity (Wildman–Crippen MR) is 147 cm³/mol. The Kier molecular flexibility index (Phi) is 10.5. The number of benzene rings is 2. The van der Waals surface area contributed by atoms with E-state index < -0.39 is 47.9 Å². The van der Waals surface area contributed by atoms with E-state index in [4.69, 9.17) is 5.73 Å². The van der Waals surface area contributed by atoms with Gasteiger partial charge in [0, 0.05) is 13.0 Å². The smallest absolute Gasteiger partial charge is 0.326 e. The molecule has 2 aromatic carbocycles. The lowest BCUT2D eigenvalue weighted by Gasteiger charge is -2.30. The van der Waals surface area contributed by atoms with Crippen LogP contribution in [0.5, 0.6) is 11.5 Å². The molecular weight excluding hydrogens is 516 g/mol. The summed E-state index contributed by atoms with van der Waals surface area (Å²) in [6.07, 6.45) is 1.42. The van der Waals surface area contributed by atoms with Crippen molar-refractivity contribution in [3.05, 3.63) is 59.7 Å². The molecule has 0 aromatic heterocycles. The SMILES string of the molecule is CC(C)CC(NC(=O)C(Cc1ccc(O)cc1)NC(=O)C(N)Cc1ccc(O)cc1)C(=O)N1CCCC1C(=O)O. The number of amides is 3. The summed E-state index contributed by atoms with van der Waals surface area (Å²) in [5, 5.41) is 34.1. The van der Waals surface area contributed by atoms with E-state index in [9.17, 15) is 34.5 Å². The number of nitrogens with zero attached hydrogens (tertiary/aromatic N) is 1. The maximum Gasteiger partial charge on any atom is 0.326 e. The number of phenols is 2. The number of rotatable bonds is 12. The summed E-state index contributed by atoms with van der Waals surface area (Å²) < 4.78 is 0. The van der Waals surface area contributed by atoms with Crippen LogP contribution in [0.15, 0.2) is 48.5 Å². The zero-order valence-corrected chi connectivity index (χ0v) is 22.7. The first-order valence-corrected chi connectivity index (χ1v) is 13.4. The van der Waals surface area contributed by atoms with E-state index in [0.29, 0.717) is 24.9 Å². The van der Waals surface area contributed by atoms with Gasteiger partial charge < -0.3 is 36.6 Å². The van der Waals surface area contributed by atoms with Crippen LogP contribution in [0.25, 0.3) is 0 Å². The molecule has 40 heavy (non-hydrogen) atoms. The van der Waals surface area contributed by atoms with Gasteiger partial charge in [-0.15, -0.1) is 0 Å². The molecule has 4 unspecified atom stereocenters. The van der Waals surface area contributed by atoms with Crippen molar-refractivity contribution in [2.24, 2.45) is 11.7 Å². The Balaban J connectivity index is 1.79. The first-order chi connectivity index (χ1) is 18.9. The van der Waals surface area contributed by atoms with E-state index in [1.165, 1.54) is 29.2 Å². The zero-order chi connectivity index (χ0) is 29.4. The van der Waals surface area contributed by atoms with Gasteiger partial charge in [0.1, 0.15) is 29.6 Å². The number of carbonyl (C=O) groups is 4. The molecule has 216 valence electrons. The van der Waals surface area contributed by atoms with Crippen molar-refractivity contribution in [2.45, 2.75) is 70.1 Å². The topological polar surface area (TPSA) is 182 Å². The number of hydrogen-bond donors (Lipinski definition) is 6. The van der Waals surface area contributed by atoms with Gasteiger partial charge in [0.05, 0.1) is 6.04 Å². The molecule has 1 aliphatic rings. The van der Waals surface area contributed by atoms with E-state index in [1.807, 2.05) is 13.8 Å². The summed E-state index contributed by atoms with van der Waals surface area (Å²) in [5.41, 5.74) is 7.51. The summed E-state index contributed by atoms with van der Waals surface area (Å²) in [6.45, 7) is 4.08. The highest BCUT2D eigenvalue weighted by Gasteiger charge is 2.38. The maximum atomic E-state index is 13.6. The number of phenolic OH excluding ortho intramolecular Hbond substituents is 2. The molecule has 7 N–H and O–H groups in total. The monoisotopic (exact) mass is 554 g/mol. The van der Waals surface area contributed by atoms with Crippen LogP contribution in [-0.2, 0) is 32.0 Å². The molecule has 0 aliphatic carbocycles. The maximum absolute atomic E-state index is 13.6. The lowest BCUT2D eigenvalue weighted by atomic mass is 9.99. The van der Waals surface area contributed by atoms with Crippen molar-refractivity contribution in [3.63, 3.8) is 0 Å². The van der Waals surface area contributed by atoms with Gasteiger partial charge in [-0.3, -0.25) is 14.4 Å². The van der Waals surface area contributed by atoms with Crippen LogP contribution >= 0.6 is 0 Å². The van der Waals surface area contributed by atoms with Gasteiger partial charge in [-0.2, -0.15) is 0 Å². The van der Waals surface area contributed by atoms with Crippen LogP contribution in [0.2, 0.25) is 0 Å². The molecule has 1 heterocycles. The molecule has 11 nitrogen and oxygen atoms in total. The van der Waals surface area contributed by atoms with E-state index >= 15 is 0 Å². The number of aromatic hydroxyl groups is 2. The van der Waals surface area contributed by atoms with Crippen molar-refractivity contribution in [2.75, 3.05) is 6.54 Å². The number of carboxylic acids is 1. The van der Waals surface area contributed by atoms with Crippen LogP contribution in [0.3, 0.4) is 0 Å². The number of likely N-dealkylation sites (tertiary alicyclic amines) is 1. The lowest BCUT2D eigenvalue weighted by Crippen LogP contribution is -2.58. The van der Waals surface area contributed by atoms with Crippen molar-refractivity contribution < 1.29 is 34.5 Å². The van der Waals surface area contributed by atoms with E-state index in [1.54, 1.807) is 24.3 Å². The van der Waals surface area contributed by atoms with Crippen molar-refractivity contribution in [3.8, 4) is 11.5 Å². The second kappa shape index (κ2) is 13.8. The first-order valence-electron chi connectivity index (χ1n) is 13.4. The molecule has 0 radical (unpaired) electrons. The van der Waals surface area contributed by atoms with Gasteiger partial charge in [0.15, 0.2) is 0 Å². The fraction of sp³-hybridized carbons (Fsp3) is 0.448. The molecule has 0 bridgehead atoms. The van der Waals surface area contributed by atoms with Crippen LogP contribution in [0, 0.1) is 5.92 Å². The third-order valence-corrected chi connectivity index (χ3v) is 6.88. The normalized spacial score (nSPS) is 17.2. The first kappa shape index (κ1) is 30.4. The molecule has 2 aromatic rings. The van der Waals surface area contributed by atoms with Crippen LogP contribution in [0.1, 0.15) is 44.2 Å². The zero-order valence-electron chi connectivity index (χ0n) is 22.7. The average Bonchev–Trinajstić information content (AvgIpc) is 3.40. The summed E-state index contributed by atoms with van der Waals surface area (Å²) in [5.74, 6) is -2.59. The second-order valence-corrected chi connectivity index (χ2v) is 10.6. The summed E-state index contributed by atoms with van der Waals surface area (Å²) in [6, 6.07) is 8.44. The molecule has 0 saturated carbocycles. The largest absolute Gasteiger partial charge is 0.508 e. The lowest BCUT2D eigenvalue weighted by molar-refractivity contribution is -0.149. The molecule has 1 aliphatic heterocycles. The Morgan fingerprint density at radius 2 is 1.40 bits per heavy atom. The van der Waals surface area contributed by atoms with Gasteiger partial charge in [-0.25, -0.2) is 4.79 Å². The predicted octanol–water partition coefficient (Wildman–Crippen LogP) is 1.30. The molecule has 1 fully saturated rings. The molecular formula is C29H38N4O7. The van der Waals surface area contributed by atoms with Gasteiger partial charge in [-0.05, 0) is 67.0 Å². The number of nitrogens with one attached hydrogen (secondary N) is 2. The summed E-state index contributed by atoms with van der Waals surface area (Å²) in [4.78, 5) is 53.0. The Labute approximate surface area is 233 Å². The Hall–Kier alpha value is -4.12. The quantitative estimate of drug-likeness (QED) is 0.227. The van der Waals surface area contributed by atoms with Gasteiger partial charge in [0.2, 0.25) is 17.7 Å². The molecule has 3 amide bonds. The highest BCUT2D eigenvalue weighted by molar-refractivity contribution is 5.94. The molecule has 11 heteroatoms. The number of carbonyl (C=O) groups excluding carboxylic acids is 3. The van der Waals surface area contributed by atoms with Crippen LogP contribution in [0.4, 0.5) is 0 Å². The van der Waals surface area contributed by atoms with Gasteiger partial charge in [0.25, 0.3) is 0 Å². The summed E-state index contributed by atoms with van der Waals surface area (Å²) >= 11 is 0. The van der Waals surface area contributed by atoms with Gasteiger partial charge >= 0.3 is 5.97 Å². The number of aliphatic carboxylic acids is 1. The highest BCUT2D eigenvalue weighted by Crippen LogP contribution is 2.21. The van der Waals surface area contributed by atoms with Crippen molar-refractivity contribution >= 4 is 23.7 Å². The Morgan fingerprint density at radius 3 is 1.93 bits per heavy atom. The average molecular weight is 555 g/mol. The van der Waals surface area contributed by atoms with E-state index in [0.717, 1.165) is 5.56 Å². The Morgan fingerprint density at radius 1 is 0.875 bits per heavy atom. The fourth-order valence-corrected chi connectivity index (χ4v) is 4.79. The minimum absolute atomic E-state index is 0.0176. The Bertz CT molecular complexity index is 1180. The van der Waals surface area contributed by atoms with Crippen LogP contribution < -0.4 is 16.4 Å². The van der Waals surface area contributed by atoms with E-state index in [-0.39, 0.29) is 36.7 Å². The molecule has 0 spiro atoms. The minimum Gasteiger partial charge on any atom is -0.508 e. The van der Waals surface area contributed by atoms with Gasteiger partial charge in [-0.1, -0.05) is 38.1 Å². The number of carboxylic acid groups (broad SMARTS) is 1. The second-order valence-electron chi connectivity index (χ2n) is 10.6. The van der Waals surface area contributed by atoms with Crippen LogP contribution in [-0.4, -0.2) is 74.6 Å². The van der Waals surface area contributed by atoms with Crippen molar-refractivity contribution in [1.29, 1.82) is 0 Å². The van der Waals surface area contributed by atoms with E-state index in [2.05, 4.69) is 10.6 Å². The van der Waals surface area contributed by atoms with Crippen molar-refractivity contribution in [1.82, 2.24) is 15.5 Å². The fourth-order valence-electron chi connectivity index (χ4n) is 4.79. The molecule has 3 rings (SSSR count). The molecule has 1 saturated heterocycles. The number of nitrogens with two attached hydrogens (primary N) is 1. The standard InChI is InChI=1S/C29H38N4O7/c1-17(2)14-24(28(38)33-13-3-4-25(33)29(39)40)32-27(37)23(16-19-7-11-21(35)12-8-19)31-26(36)22(30)15-18-5-9-20(34)10-6-18/h5-12,17,22-25,34-35H,3-4,13-16,30H2,1-2H3,(H,31,36)(H,32,37)(H,39,40). The third kappa shape index (κ3) is 8.44. The highest BCUT2D eigenvalue weighted by atomic mass is 16.4. The third-order valence-electron chi connectivity index (χ3n) is 6.88. The molecule has 4 atom stereocenters. The number of hydrogen-bond acceptors (Lipinski definition) is 7.